The highest BCUT2D eigenvalue weighted by molar-refractivity contribution is 6.46. The molecule has 1 amide bonds. The first kappa shape index (κ1) is 21.7. The second-order valence-electron chi connectivity index (χ2n) is 7.00. The number of halogens is 1. The molecule has 1 fully saturated rings. The third-order valence-corrected chi connectivity index (χ3v) is 5.17. The number of carbonyl (C=O) groups excluding carboxylic acids is 2. The van der Waals surface area contributed by atoms with Gasteiger partial charge in [-0.3, -0.25) is 9.59 Å². The van der Waals surface area contributed by atoms with Gasteiger partial charge in [0.1, 0.15) is 29.1 Å². The molecule has 1 aliphatic heterocycles. The van der Waals surface area contributed by atoms with E-state index in [-0.39, 0.29) is 34.2 Å². The average Bonchev–Trinajstić information content (AvgIpc) is 3.33. The van der Waals surface area contributed by atoms with Gasteiger partial charge in [-0.05, 0) is 32.3 Å². The Kier molecular flexibility index (Phi) is 6.38. The first-order valence-corrected chi connectivity index (χ1v) is 9.56. The molecule has 160 valence electrons. The number of likely N-dealkylation sites (tertiary alicyclic amines) is 1. The van der Waals surface area contributed by atoms with Crippen LogP contribution in [-0.4, -0.2) is 68.0 Å². The lowest BCUT2D eigenvalue weighted by Crippen LogP contribution is -2.35. The number of hydrogen-bond donors (Lipinski definition) is 1. The van der Waals surface area contributed by atoms with E-state index in [1.807, 2.05) is 19.0 Å². The van der Waals surface area contributed by atoms with Crippen LogP contribution in [0.25, 0.3) is 5.76 Å². The van der Waals surface area contributed by atoms with Gasteiger partial charge in [0.25, 0.3) is 11.7 Å². The van der Waals surface area contributed by atoms with Crippen LogP contribution in [0.2, 0.25) is 5.02 Å². The van der Waals surface area contributed by atoms with Crippen LogP contribution >= 0.6 is 11.6 Å². The Morgan fingerprint density at radius 2 is 1.93 bits per heavy atom. The molecule has 0 radical (unpaired) electrons. The third-order valence-electron chi connectivity index (χ3n) is 4.87. The Balaban J connectivity index is 2.19. The summed E-state index contributed by atoms with van der Waals surface area (Å²) in [5.74, 6) is -1.02. The van der Waals surface area contributed by atoms with E-state index in [1.54, 1.807) is 12.1 Å². The molecule has 0 spiro atoms. The van der Waals surface area contributed by atoms with E-state index in [9.17, 15) is 14.7 Å². The van der Waals surface area contributed by atoms with Gasteiger partial charge < -0.3 is 28.8 Å². The van der Waals surface area contributed by atoms with E-state index in [4.69, 9.17) is 25.5 Å². The zero-order chi connectivity index (χ0) is 22.0. The number of aliphatic hydroxyl groups is 1. The second-order valence-corrected chi connectivity index (χ2v) is 7.41. The van der Waals surface area contributed by atoms with Gasteiger partial charge in [0.05, 0.1) is 36.6 Å². The van der Waals surface area contributed by atoms with Crippen LogP contribution in [0.1, 0.15) is 17.4 Å². The summed E-state index contributed by atoms with van der Waals surface area (Å²) in [5, 5.41) is 11.4. The molecular formula is C21H23ClN2O6. The summed E-state index contributed by atoms with van der Waals surface area (Å²) < 4.78 is 16.1. The van der Waals surface area contributed by atoms with Crippen LogP contribution < -0.4 is 9.47 Å². The van der Waals surface area contributed by atoms with Gasteiger partial charge in [-0.25, -0.2) is 0 Å². The highest BCUT2D eigenvalue weighted by atomic mass is 35.5. The lowest BCUT2D eigenvalue weighted by atomic mass is 9.98. The van der Waals surface area contributed by atoms with Crippen LogP contribution in [-0.2, 0) is 9.59 Å². The van der Waals surface area contributed by atoms with Gasteiger partial charge in [-0.2, -0.15) is 0 Å². The number of Topliss-reactive ketones (excluding diaryl/α,β-unsaturated/α-hetero) is 1. The van der Waals surface area contributed by atoms with E-state index in [2.05, 4.69) is 0 Å². The summed E-state index contributed by atoms with van der Waals surface area (Å²) >= 11 is 6.15. The molecule has 1 aliphatic rings. The Morgan fingerprint density at radius 3 is 2.50 bits per heavy atom. The molecule has 1 saturated heterocycles. The molecule has 0 bridgehead atoms. The topological polar surface area (TPSA) is 92.5 Å². The number of hydrogen-bond acceptors (Lipinski definition) is 7. The van der Waals surface area contributed by atoms with Gasteiger partial charge in [-0.1, -0.05) is 11.6 Å². The molecule has 1 aromatic carbocycles. The maximum Gasteiger partial charge on any atom is 0.295 e. The lowest BCUT2D eigenvalue weighted by Gasteiger charge is -2.24. The molecule has 2 aromatic rings. The standard InChI is InChI=1S/C21H23ClN2O6/c1-23(2)7-8-24-18(14-6-5-9-30-14)17(20(26)21(24)27)19(25)12-10-16(29-4)13(22)11-15(12)28-3/h5-6,9-11,18,25H,7-8H2,1-4H3/b19-17+. The number of carbonyl (C=O) groups is 2. The summed E-state index contributed by atoms with van der Waals surface area (Å²) in [6.45, 7) is 0.809. The van der Waals surface area contributed by atoms with Gasteiger partial charge in [0.15, 0.2) is 0 Å². The first-order chi connectivity index (χ1) is 14.3. The number of methoxy groups -OCH3 is 2. The number of aliphatic hydroxyl groups excluding tert-OH is 1. The fourth-order valence-corrected chi connectivity index (χ4v) is 3.58. The Bertz CT molecular complexity index is 984. The Labute approximate surface area is 179 Å². The van der Waals surface area contributed by atoms with Crippen molar-refractivity contribution in [1.82, 2.24) is 9.80 Å². The van der Waals surface area contributed by atoms with Crippen molar-refractivity contribution < 1.29 is 28.6 Å². The highest BCUT2D eigenvalue weighted by Crippen LogP contribution is 2.43. The van der Waals surface area contributed by atoms with Crippen molar-refractivity contribution >= 4 is 29.1 Å². The van der Waals surface area contributed by atoms with Gasteiger partial charge >= 0.3 is 0 Å². The van der Waals surface area contributed by atoms with Crippen molar-refractivity contribution in [1.29, 1.82) is 0 Å². The third kappa shape index (κ3) is 3.88. The average molecular weight is 435 g/mol. The number of furan rings is 1. The van der Waals surface area contributed by atoms with Crippen LogP contribution in [0.4, 0.5) is 0 Å². The first-order valence-electron chi connectivity index (χ1n) is 9.18. The van der Waals surface area contributed by atoms with Crippen molar-refractivity contribution in [2.24, 2.45) is 0 Å². The molecule has 9 heteroatoms. The summed E-state index contributed by atoms with van der Waals surface area (Å²) in [6.07, 6.45) is 1.45. The minimum atomic E-state index is -0.869. The molecule has 1 N–H and O–H groups in total. The number of likely N-dealkylation sites (N-methyl/N-ethyl adjacent to an activating group) is 1. The molecular weight excluding hydrogens is 412 g/mol. The normalized spacial score (nSPS) is 18.3. The smallest absolute Gasteiger partial charge is 0.295 e. The van der Waals surface area contributed by atoms with E-state index in [0.29, 0.717) is 12.3 Å². The Hall–Kier alpha value is -2.97. The fourth-order valence-electron chi connectivity index (χ4n) is 3.35. The number of rotatable bonds is 7. The van der Waals surface area contributed by atoms with Crippen LogP contribution in [0.15, 0.2) is 40.5 Å². The maximum absolute atomic E-state index is 12.9. The van der Waals surface area contributed by atoms with Crippen molar-refractivity contribution in [3.63, 3.8) is 0 Å². The zero-order valence-electron chi connectivity index (χ0n) is 17.1. The zero-order valence-corrected chi connectivity index (χ0v) is 17.9. The molecule has 2 heterocycles. The fraction of sp³-hybridized carbons (Fsp3) is 0.333. The minimum absolute atomic E-state index is 0.0867. The number of amides is 1. The van der Waals surface area contributed by atoms with Crippen molar-refractivity contribution in [3.05, 3.63) is 52.4 Å². The quantitative estimate of drug-likeness (QED) is 0.407. The second kappa shape index (κ2) is 8.81. The number of nitrogens with zero attached hydrogens (tertiary/aromatic N) is 2. The van der Waals surface area contributed by atoms with Gasteiger partial charge in [0, 0.05) is 19.2 Å². The maximum atomic E-state index is 12.9. The molecule has 0 aliphatic carbocycles. The molecule has 1 unspecified atom stereocenters. The highest BCUT2D eigenvalue weighted by Gasteiger charge is 2.47. The van der Waals surface area contributed by atoms with E-state index in [0.717, 1.165) is 0 Å². The number of ether oxygens (including phenoxy) is 2. The summed E-state index contributed by atoms with van der Waals surface area (Å²) in [7, 11) is 6.57. The molecule has 8 nitrogen and oxygen atoms in total. The summed E-state index contributed by atoms with van der Waals surface area (Å²) in [5.41, 5.74) is 0.0947. The van der Waals surface area contributed by atoms with E-state index < -0.39 is 23.5 Å². The van der Waals surface area contributed by atoms with Crippen LogP contribution in [0, 0.1) is 0 Å². The monoisotopic (exact) mass is 434 g/mol. The molecule has 30 heavy (non-hydrogen) atoms. The van der Waals surface area contributed by atoms with Crippen LogP contribution in [0.3, 0.4) is 0 Å². The predicted octanol–water partition coefficient (Wildman–Crippen LogP) is 2.93. The van der Waals surface area contributed by atoms with Gasteiger partial charge in [-0.15, -0.1) is 0 Å². The van der Waals surface area contributed by atoms with Crippen molar-refractivity contribution in [2.45, 2.75) is 6.04 Å². The van der Waals surface area contributed by atoms with E-state index in [1.165, 1.54) is 37.5 Å². The summed E-state index contributed by atoms with van der Waals surface area (Å²) in [4.78, 5) is 29.0. The van der Waals surface area contributed by atoms with Crippen molar-refractivity contribution in [2.75, 3.05) is 41.4 Å². The lowest BCUT2D eigenvalue weighted by molar-refractivity contribution is -0.140. The minimum Gasteiger partial charge on any atom is -0.507 e. The van der Waals surface area contributed by atoms with Crippen LogP contribution in [0.5, 0.6) is 11.5 Å². The summed E-state index contributed by atoms with van der Waals surface area (Å²) in [6, 6.07) is 5.38. The molecule has 3 rings (SSSR count). The van der Waals surface area contributed by atoms with Gasteiger partial charge in [0.2, 0.25) is 0 Å². The molecule has 1 atom stereocenters. The molecule has 1 aromatic heterocycles. The SMILES string of the molecule is COc1cc(/C(O)=C2\C(=O)C(=O)N(CCN(C)C)C2c2ccco2)c(OC)cc1Cl. The number of ketones is 1. The number of benzene rings is 1. The predicted molar refractivity (Wildman–Crippen MR) is 111 cm³/mol. The van der Waals surface area contributed by atoms with E-state index >= 15 is 0 Å². The Morgan fingerprint density at radius 1 is 1.23 bits per heavy atom. The van der Waals surface area contributed by atoms with Crippen molar-refractivity contribution in [3.8, 4) is 11.5 Å². The molecule has 0 saturated carbocycles. The largest absolute Gasteiger partial charge is 0.507 e.